The summed E-state index contributed by atoms with van der Waals surface area (Å²) in [6, 6.07) is 11.9. The Labute approximate surface area is 186 Å². The van der Waals surface area contributed by atoms with E-state index in [1.807, 2.05) is 30.5 Å². The number of anilines is 1. The van der Waals surface area contributed by atoms with E-state index in [1.165, 1.54) is 39.4 Å². The lowest BCUT2D eigenvalue weighted by Gasteiger charge is -2.15. The van der Waals surface area contributed by atoms with Crippen molar-refractivity contribution in [2.75, 3.05) is 33.1 Å². The van der Waals surface area contributed by atoms with Crippen molar-refractivity contribution >= 4 is 38.5 Å². The Morgan fingerprint density at radius 1 is 1.12 bits per heavy atom. The molecule has 3 rings (SSSR count). The summed E-state index contributed by atoms with van der Waals surface area (Å²) >= 11 is 0. The van der Waals surface area contributed by atoms with Crippen molar-refractivity contribution in [1.82, 2.24) is 9.29 Å². The van der Waals surface area contributed by atoms with Gasteiger partial charge in [-0.2, -0.15) is 0 Å². The molecule has 0 saturated carbocycles. The van der Waals surface area contributed by atoms with Crippen LogP contribution in [0.25, 0.3) is 10.9 Å². The van der Waals surface area contributed by atoms with Gasteiger partial charge in [0.1, 0.15) is 5.75 Å². The molecule has 2 aromatic carbocycles. The first-order valence-corrected chi connectivity index (χ1v) is 11.3. The van der Waals surface area contributed by atoms with Crippen molar-refractivity contribution in [1.29, 1.82) is 0 Å². The van der Waals surface area contributed by atoms with Crippen LogP contribution in [0.5, 0.6) is 5.75 Å². The van der Waals surface area contributed by atoms with Crippen molar-refractivity contribution in [2.45, 2.75) is 17.7 Å². The third-order valence-corrected chi connectivity index (χ3v) is 6.67. The Morgan fingerprint density at radius 2 is 1.88 bits per heavy atom. The number of amides is 1. The smallest absolute Gasteiger partial charge is 0.306 e. The number of H-pyrrole nitrogens is 1. The van der Waals surface area contributed by atoms with Gasteiger partial charge in [-0.1, -0.05) is 18.2 Å². The van der Waals surface area contributed by atoms with Crippen molar-refractivity contribution in [2.24, 2.45) is 0 Å². The number of nitrogens with zero attached hydrogens (tertiary/aromatic N) is 1. The Balaban J connectivity index is 1.57. The first kappa shape index (κ1) is 23.3. The van der Waals surface area contributed by atoms with Gasteiger partial charge in [0, 0.05) is 37.6 Å². The summed E-state index contributed by atoms with van der Waals surface area (Å²) in [6.07, 6.45) is 2.45. The number of carbonyl (C=O) groups excluding carboxylic acids is 2. The number of hydrogen-bond acceptors (Lipinski definition) is 6. The lowest BCUT2D eigenvalue weighted by atomic mass is 10.1. The molecule has 0 atom stereocenters. The monoisotopic (exact) mass is 459 g/mol. The zero-order chi connectivity index (χ0) is 23.3. The number of hydrogen-bond donors (Lipinski definition) is 2. The molecular formula is C22H25N3O6S. The standard InChI is InChI=1S/C22H25N3O6S/c1-25(2)32(28,29)16-9-10-20(30-3)19(12-16)24-21(26)14-31-22(27)11-8-15-13-23-18-7-5-4-6-17(15)18/h4-7,9-10,12-13,23H,8,11,14H2,1-3H3,(H,24,26). The molecule has 1 amide bonds. The Bertz CT molecular complexity index is 1230. The van der Waals surface area contributed by atoms with E-state index in [2.05, 4.69) is 10.3 Å². The van der Waals surface area contributed by atoms with Crippen LogP contribution in [0.4, 0.5) is 5.69 Å². The first-order chi connectivity index (χ1) is 15.2. The highest BCUT2D eigenvalue weighted by atomic mass is 32.2. The number of aryl methyl sites for hydroxylation is 1. The van der Waals surface area contributed by atoms with E-state index in [1.54, 1.807) is 0 Å². The molecule has 0 aliphatic carbocycles. The summed E-state index contributed by atoms with van der Waals surface area (Å²) in [5, 5.41) is 3.57. The number of para-hydroxylation sites is 1. The fourth-order valence-corrected chi connectivity index (χ4v) is 4.06. The van der Waals surface area contributed by atoms with Gasteiger partial charge in [-0.25, -0.2) is 12.7 Å². The second-order valence-corrected chi connectivity index (χ2v) is 9.37. The van der Waals surface area contributed by atoms with Crippen LogP contribution >= 0.6 is 0 Å². The molecular weight excluding hydrogens is 434 g/mol. The summed E-state index contributed by atoms with van der Waals surface area (Å²) in [7, 11) is 0.527. The molecule has 0 saturated heterocycles. The van der Waals surface area contributed by atoms with Gasteiger partial charge in [0.05, 0.1) is 17.7 Å². The van der Waals surface area contributed by atoms with E-state index in [0.717, 1.165) is 20.8 Å². The number of ether oxygens (including phenoxy) is 2. The van der Waals surface area contributed by atoms with Crippen molar-refractivity contribution in [3.05, 3.63) is 54.2 Å². The maximum absolute atomic E-state index is 12.3. The number of aromatic amines is 1. The number of esters is 1. The highest BCUT2D eigenvalue weighted by molar-refractivity contribution is 7.89. The Hall–Kier alpha value is -3.37. The van der Waals surface area contributed by atoms with Gasteiger partial charge >= 0.3 is 5.97 Å². The molecule has 9 nitrogen and oxygen atoms in total. The normalized spacial score (nSPS) is 11.5. The van der Waals surface area contributed by atoms with Crippen molar-refractivity contribution in [3.8, 4) is 5.75 Å². The molecule has 32 heavy (non-hydrogen) atoms. The van der Waals surface area contributed by atoms with E-state index in [0.29, 0.717) is 6.42 Å². The molecule has 3 aromatic rings. The Kier molecular flexibility index (Phi) is 7.16. The molecule has 0 aliphatic heterocycles. The number of carbonyl (C=O) groups is 2. The van der Waals surface area contributed by atoms with Gasteiger partial charge in [0.25, 0.3) is 5.91 Å². The third kappa shape index (κ3) is 5.27. The number of aromatic nitrogens is 1. The zero-order valence-electron chi connectivity index (χ0n) is 18.0. The first-order valence-electron chi connectivity index (χ1n) is 9.83. The summed E-state index contributed by atoms with van der Waals surface area (Å²) in [6.45, 7) is -0.499. The van der Waals surface area contributed by atoms with Gasteiger partial charge in [-0.05, 0) is 36.2 Å². The zero-order valence-corrected chi connectivity index (χ0v) is 18.9. The maximum atomic E-state index is 12.3. The largest absolute Gasteiger partial charge is 0.495 e. The van der Waals surface area contributed by atoms with E-state index in [-0.39, 0.29) is 22.8 Å². The van der Waals surface area contributed by atoms with Crippen molar-refractivity contribution in [3.63, 3.8) is 0 Å². The van der Waals surface area contributed by atoms with E-state index < -0.39 is 28.5 Å². The third-order valence-electron chi connectivity index (χ3n) is 4.86. The predicted octanol–water partition coefficient (Wildman–Crippen LogP) is 2.54. The molecule has 10 heteroatoms. The minimum atomic E-state index is -3.69. The quantitative estimate of drug-likeness (QED) is 0.475. The minimum absolute atomic E-state index is 0.00526. The SMILES string of the molecule is COc1ccc(S(=O)(=O)N(C)C)cc1NC(=O)COC(=O)CCc1c[nH]c2ccccc12. The highest BCUT2D eigenvalue weighted by Crippen LogP contribution is 2.28. The van der Waals surface area contributed by atoms with Crippen LogP contribution in [0.2, 0.25) is 0 Å². The fourth-order valence-electron chi connectivity index (χ4n) is 3.14. The average molecular weight is 460 g/mol. The molecule has 1 aromatic heterocycles. The number of benzene rings is 2. The van der Waals surface area contributed by atoms with Gasteiger partial charge < -0.3 is 19.8 Å². The second kappa shape index (κ2) is 9.84. The number of sulfonamides is 1. The highest BCUT2D eigenvalue weighted by Gasteiger charge is 2.20. The summed E-state index contributed by atoms with van der Waals surface area (Å²) in [5.41, 5.74) is 2.14. The van der Waals surface area contributed by atoms with E-state index >= 15 is 0 Å². The summed E-state index contributed by atoms with van der Waals surface area (Å²) < 4.78 is 36.0. The maximum Gasteiger partial charge on any atom is 0.306 e. The molecule has 1 heterocycles. The molecule has 170 valence electrons. The number of rotatable bonds is 9. The topological polar surface area (TPSA) is 118 Å². The van der Waals surface area contributed by atoms with Gasteiger partial charge in [-0.15, -0.1) is 0 Å². The van der Waals surface area contributed by atoms with Crippen LogP contribution in [0.1, 0.15) is 12.0 Å². The molecule has 0 fully saturated rings. The van der Waals surface area contributed by atoms with Gasteiger partial charge in [-0.3, -0.25) is 9.59 Å². The van der Waals surface area contributed by atoms with Crippen LogP contribution < -0.4 is 10.1 Å². The molecule has 2 N–H and O–H groups in total. The average Bonchev–Trinajstić information content (AvgIpc) is 3.19. The fraction of sp³-hybridized carbons (Fsp3) is 0.273. The molecule has 0 aliphatic rings. The molecule has 0 spiro atoms. The summed E-state index contributed by atoms with van der Waals surface area (Å²) in [5.74, 6) is -0.841. The van der Waals surface area contributed by atoms with Crippen LogP contribution in [0, 0.1) is 0 Å². The van der Waals surface area contributed by atoms with Crippen LogP contribution in [0.15, 0.2) is 53.6 Å². The summed E-state index contributed by atoms with van der Waals surface area (Å²) in [4.78, 5) is 27.5. The lowest BCUT2D eigenvalue weighted by molar-refractivity contribution is -0.147. The number of nitrogens with one attached hydrogen (secondary N) is 2. The Morgan fingerprint density at radius 3 is 2.59 bits per heavy atom. The molecule has 0 radical (unpaired) electrons. The minimum Gasteiger partial charge on any atom is -0.495 e. The van der Waals surface area contributed by atoms with E-state index in [9.17, 15) is 18.0 Å². The van der Waals surface area contributed by atoms with Crippen LogP contribution in [-0.2, 0) is 30.8 Å². The lowest BCUT2D eigenvalue weighted by Crippen LogP contribution is -2.23. The van der Waals surface area contributed by atoms with E-state index in [4.69, 9.17) is 9.47 Å². The van der Waals surface area contributed by atoms with Crippen molar-refractivity contribution < 1.29 is 27.5 Å². The van der Waals surface area contributed by atoms with Crippen LogP contribution in [0.3, 0.4) is 0 Å². The van der Waals surface area contributed by atoms with Gasteiger partial charge in [0.15, 0.2) is 6.61 Å². The predicted molar refractivity (Wildman–Crippen MR) is 120 cm³/mol. The number of methoxy groups -OCH3 is 1. The number of fused-ring (bicyclic) bond motifs is 1. The van der Waals surface area contributed by atoms with Crippen LogP contribution in [-0.4, -0.2) is 57.4 Å². The van der Waals surface area contributed by atoms with Gasteiger partial charge in [0.2, 0.25) is 10.0 Å². The second-order valence-electron chi connectivity index (χ2n) is 7.22. The molecule has 0 bridgehead atoms. The molecule has 0 unspecified atom stereocenters.